The van der Waals surface area contributed by atoms with Crippen molar-refractivity contribution in [2.24, 2.45) is 0 Å². The molecule has 9 heteroatoms. The molecule has 0 aliphatic rings. The van der Waals surface area contributed by atoms with Gasteiger partial charge in [0.1, 0.15) is 5.82 Å². The van der Waals surface area contributed by atoms with E-state index in [1.54, 1.807) is 30.6 Å². The maximum Gasteiger partial charge on any atom is 0.239 e. The molecule has 0 radical (unpaired) electrons. The fourth-order valence-corrected chi connectivity index (χ4v) is 3.62. The molecule has 130 valence electrons. The van der Waals surface area contributed by atoms with E-state index in [9.17, 15) is 9.18 Å². The summed E-state index contributed by atoms with van der Waals surface area (Å²) < 4.78 is 15.0. The fraction of sp³-hybridized carbons (Fsp3) is 0.250. The Kier molecular flexibility index (Phi) is 5.44. The summed E-state index contributed by atoms with van der Waals surface area (Å²) in [6, 6.07) is 6.11. The molecule has 1 amide bonds. The van der Waals surface area contributed by atoms with E-state index in [0.29, 0.717) is 22.7 Å². The summed E-state index contributed by atoms with van der Waals surface area (Å²) in [6.45, 7) is 4.42. The summed E-state index contributed by atoms with van der Waals surface area (Å²) in [6.07, 6.45) is 1.64. The number of halogens is 1. The van der Waals surface area contributed by atoms with Crippen molar-refractivity contribution in [3.05, 3.63) is 41.7 Å². The van der Waals surface area contributed by atoms with Gasteiger partial charge < -0.3 is 9.88 Å². The molecule has 2 aromatic heterocycles. The van der Waals surface area contributed by atoms with Crippen LogP contribution in [0.15, 0.2) is 41.0 Å². The van der Waals surface area contributed by atoms with Crippen molar-refractivity contribution >= 4 is 34.1 Å². The number of rotatable bonds is 6. The highest BCUT2D eigenvalue weighted by Crippen LogP contribution is 2.27. The minimum Gasteiger partial charge on any atom is -0.302 e. The fourth-order valence-electron chi connectivity index (χ4n) is 2.18. The van der Waals surface area contributed by atoms with Gasteiger partial charge in [0, 0.05) is 23.7 Å². The van der Waals surface area contributed by atoms with Crippen LogP contribution in [0, 0.1) is 5.82 Å². The number of thiazole rings is 1. The molecule has 25 heavy (non-hydrogen) atoms. The SMILES string of the molecule is CCn1c(SC(C)C(=O)Nc2nccs2)nnc1-c1ccc(F)cc1. The maximum atomic E-state index is 13.1. The second-order valence-corrected chi connectivity index (χ2v) is 7.35. The van der Waals surface area contributed by atoms with Crippen LogP contribution in [0.4, 0.5) is 9.52 Å². The molecule has 3 rings (SSSR count). The number of amides is 1. The van der Waals surface area contributed by atoms with Crippen LogP contribution in [-0.2, 0) is 11.3 Å². The molecule has 0 spiro atoms. The third-order valence-electron chi connectivity index (χ3n) is 3.45. The number of carbonyl (C=O) groups excluding carboxylic acids is 1. The first-order valence-corrected chi connectivity index (χ1v) is 9.40. The second-order valence-electron chi connectivity index (χ2n) is 5.14. The molecule has 0 aliphatic carbocycles. The Morgan fingerprint density at radius 2 is 2.12 bits per heavy atom. The summed E-state index contributed by atoms with van der Waals surface area (Å²) in [5.41, 5.74) is 0.780. The van der Waals surface area contributed by atoms with Gasteiger partial charge >= 0.3 is 0 Å². The van der Waals surface area contributed by atoms with Gasteiger partial charge in [-0.25, -0.2) is 9.37 Å². The Morgan fingerprint density at radius 3 is 2.76 bits per heavy atom. The van der Waals surface area contributed by atoms with E-state index < -0.39 is 0 Å². The van der Waals surface area contributed by atoms with E-state index >= 15 is 0 Å². The molecule has 1 N–H and O–H groups in total. The maximum absolute atomic E-state index is 13.1. The number of hydrogen-bond donors (Lipinski definition) is 1. The third kappa shape index (κ3) is 4.05. The average Bonchev–Trinajstić information content (AvgIpc) is 3.25. The minimum atomic E-state index is -0.362. The molecular formula is C16H16FN5OS2. The van der Waals surface area contributed by atoms with Crippen molar-refractivity contribution in [1.82, 2.24) is 19.7 Å². The van der Waals surface area contributed by atoms with Crippen molar-refractivity contribution in [3.8, 4) is 11.4 Å². The van der Waals surface area contributed by atoms with Crippen LogP contribution in [0.5, 0.6) is 0 Å². The lowest BCUT2D eigenvalue weighted by Gasteiger charge is -2.11. The Morgan fingerprint density at radius 1 is 1.36 bits per heavy atom. The van der Waals surface area contributed by atoms with Gasteiger partial charge in [0.05, 0.1) is 5.25 Å². The Hall–Kier alpha value is -2.26. The van der Waals surface area contributed by atoms with Gasteiger partial charge in [0.25, 0.3) is 0 Å². The quantitative estimate of drug-likeness (QED) is 0.664. The number of aromatic nitrogens is 4. The van der Waals surface area contributed by atoms with Crippen LogP contribution < -0.4 is 5.32 Å². The van der Waals surface area contributed by atoms with Crippen LogP contribution in [-0.4, -0.2) is 30.9 Å². The standard InChI is InChI=1S/C16H16FN5OS2/c1-3-22-13(11-4-6-12(17)7-5-11)20-21-16(22)25-10(2)14(23)19-15-18-8-9-24-15/h4-10H,3H2,1-2H3,(H,18,19,23). The number of nitrogens with one attached hydrogen (secondary N) is 1. The first kappa shape index (κ1) is 17.6. The number of nitrogens with zero attached hydrogens (tertiary/aromatic N) is 4. The minimum absolute atomic E-state index is 0.145. The molecule has 2 heterocycles. The van der Waals surface area contributed by atoms with E-state index in [1.807, 2.05) is 11.5 Å². The summed E-state index contributed by atoms with van der Waals surface area (Å²) in [5, 5.41) is 13.8. The Labute approximate surface area is 152 Å². The lowest BCUT2D eigenvalue weighted by atomic mass is 10.2. The highest BCUT2D eigenvalue weighted by atomic mass is 32.2. The monoisotopic (exact) mass is 377 g/mol. The van der Waals surface area contributed by atoms with E-state index in [4.69, 9.17) is 0 Å². The molecule has 0 saturated heterocycles. The van der Waals surface area contributed by atoms with Crippen LogP contribution in [0.25, 0.3) is 11.4 Å². The summed E-state index contributed by atoms with van der Waals surface area (Å²) >= 11 is 2.69. The van der Waals surface area contributed by atoms with Gasteiger partial charge in [0.15, 0.2) is 16.1 Å². The molecule has 1 unspecified atom stereocenters. The molecule has 3 aromatic rings. The molecule has 0 saturated carbocycles. The smallest absolute Gasteiger partial charge is 0.239 e. The summed E-state index contributed by atoms with van der Waals surface area (Å²) in [5.74, 6) is 0.208. The predicted molar refractivity (Wildman–Crippen MR) is 97.2 cm³/mol. The van der Waals surface area contributed by atoms with Crippen LogP contribution in [0.2, 0.25) is 0 Å². The first-order chi connectivity index (χ1) is 12.1. The van der Waals surface area contributed by atoms with Crippen molar-refractivity contribution in [3.63, 3.8) is 0 Å². The zero-order chi connectivity index (χ0) is 17.8. The number of carbonyl (C=O) groups is 1. The molecular weight excluding hydrogens is 361 g/mol. The zero-order valence-corrected chi connectivity index (χ0v) is 15.3. The number of anilines is 1. The molecule has 1 atom stereocenters. The van der Waals surface area contributed by atoms with E-state index in [1.165, 1.54) is 35.2 Å². The van der Waals surface area contributed by atoms with Gasteiger partial charge in [-0.15, -0.1) is 21.5 Å². The molecule has 0 fully saturated rings. The Bertz CT molecular complexity index is 848. The summed E-state index contributed by atoms with van der Waals surface area (Å²) in [4.78, 5) is 16.3. The van der Waals surface area contributed by atoms with Crippen LogP contribution >= 0.6 is 23.1 Å². The molecule has 0 aliphatic heterocycles. The van der Waals surface area contributed by atoms with Gasteiger partial charge in [0.2, 0.25) is 5.91 Å². The lowest BCUT2D eigenvalue weighted by molar-refractivity contribution is -0.115. The first-order valence-electron chi connectivity index (χ1n) is 7.64. The highest BCUT2D eigenvalue weighted by molar-refractivity contribution is 8.00. The largest absolute Gasteiger partial charge is 0.302 e. The van der Waals surface area contributed by atoms with E-state index in [-0.39, 0.29) is 17.0 Å². The van der Waals surface area contributed by atoms with Crippen molar-refractivity contribution in [1.29, 1.82) is 0 Å². The van der Waals surface area contributed by atoms with Crippen molar-refractivity contribution in [2.75, 3.05) is 5.32 Å². The normalized spacial score (nSPS) is 12.1. The molecule has 6 nitrogen and oxygen atoms in total. The highest BCUT2D eigenvalue weighted by Gasteiger charge is 2.20. The van der Waals surface area contributed by atoms with Gasteiger partial charge in [-0.2, -0.15) is 0 Å². The third-order valence-corrected chi connectivity index (χ3v) is 5.22. The molecule has 0 bridgehead atoms. The van der Waals surface area contributed by atoms with Crippen molar-refractivity contribution in [2.45, 2.75) is 30.8 Å². The van der Waals surface area contributed by atoms with Gasteiger partial charge in [-0.05, 0) is 38.1 Å². The topological polar surface area (TPSA) is 72.7 Å². The number of hydrogen-bond acceptors (Lipinski definition) is 6. The van der Waals surface area contributed by atoms with E-state index in [2.05, 4.69) is 20.5 Å². The van der Waals surface area contributed by atoms with Gasteiger partial charge in [-0.3, -0.25) is 4.79 Å². The number of benzene rings is 1. The van der Waals surface area contributed by atoms with Crippen LogP contribution in [0.3, 0.4) is 0 Å². The van der Waals surface area contributed by atoms with E-state index in [0.717, 1.165) is 5.56 Å². The second kappa shape index (κ2) is 7.75. The predicted octanol–water partition coefficient (Wildman–Crippen LogP) is 3.68. The van der Waals surface area contributed by atoms with Gasteiger partial charge in [-0.1, -0.05) is 11.8 Å². The Balaban J connectivity index is 1.76. The lowest BCUT2D eigenvalue weighted by Crippen LogP contribution is -2.22. The van der Waals surface area contributed by atoms with Crippen molar-refractivity contribution < 1.29 is 9.18 Å². The zero-order valence-electron chi connectivity index (χ0n) is 13.6. The van der Waals surface area contributed by atoms with Crippen LogP contribution in [0.1, 0.15) is 13.8 Å². The number of thioether (sulfide) groups is 1. The molecule has 1 aromatic carbocycles. The summed E-state index contributed by atoms with van der Waals surface area (Å²) in [7, 11) is 0. The average molecular weight is 377 g/mol.